The van der Waals surface area contributed by atoms with Gasteiger partial charge in [-0.3, -0.25) is 0 Å². The second-order valence-corrected chi connectivity index (χ2v) is 19.6. The molecule has 0 radical (unpaired) electrons. The Balaban J connectivity index is 0.000000137. The summed E-state index contributed by atoms with van der Waals surface area (Å²) in [6.07, 6.45) is -5.86. The molecule has 12 heterocycles. The van der Waals surface area contributed by atoms with E-state index in [0.29, 0.717) is 52.9 Å². The molecule has 6 N–H and O–H groups in total. The molecule has 30 heteroatoms. The summed E-state index contributed by atoms with van der Waals surface area (Å²) in [6.45, 7) is 6.30. The third-order valence-electron chi connectivity index (χ3n) is 14.3. The largest absolute Gasteiger partial charge is 0.388 e. The van der Waals surface area contributed by atoms with Gasteiger partial charge in [-0.1, -0.05) is 0 Å². The van der Waals surface area contributed by atoms with Crippen molar-refractivity contribution >= 4 is 0 Å². The summed E-state index contributed by atoms with van der Waals surface area (Å²) in [5.41, 5.74) is 0. The number of aliphatic hydroxyl groups excluding tert-OH is 6. The maximum atomic E-state index is 9.41. The van der Waals surface area contributed by atoms with Gasteiger partial charge >= 0.3 is 0 Å². The summed E-state index contributed by atoms with van der Waals surface area (Å²) in [5, 5.41) is 55.4. The molecule has 12 fully saturated rings. The van der Waals surface area contributed by atoms with E-state index in [0.717, 1.165) is 0 Å². The third-order valence-corrected chi connectivity index (χ3v) is 14.3. The van der Waals surface area contributed by atoms with Crippen molar-refractivity contribution in [1.82, 2.24) is 0 Å². The minimum Gasteiger partial charge on any atom is -0.388 e. The molecule has 0 aromatic carbocycles. The number of fused-ring (bicyclic) bond motifs is 6. The molecule has 0 aromatic heterocycles. The summed E-state index contributed by atoms with van der Waals surface area (Å²) in [6, 6.07) is 0. The van der Waals surface area contributed by atoms with Crippen LogP contribution in [0.25, 0.3) is 0 Å². The highest BCUT2D eigenvalue weighted by Gasteiger charge is 2.52. The molecule has 12 aliphatic heterocycles. The lowest BCUT2D eigenvalue weighted by atomic mass is 10.1. The minimum absolute atomic E-state index is 0.0583. The number of hydrogen-bond donors (Lipinski definition) is 6. The molecular formula is C48H84O30. The van der Waals surface area contributed by atoms with E-state index in [9.17, 15) is 10.2 Å². The van der Waals surface area contributed by atoms with Gasteiger partial charge in [0, 0.05) is 42.7 Å². The average Bonchev–Trinajstić information content (AvgIpc) is 4.29. The number of aliphatic hydroxyl groups is 6. The van der Waals surface area contributed by atoms with Crippen LogP contribution in [0.5, 0.6) is 0 Å². The van der Waals surface area contributed by atoms with Crippen LogP contribution in [0.3, 0.4) is 0 Å². The van der Waals surface area contributed by atoms with Gasteiger partial charge in [0.05, 0.1) is 79.3 Å². The van der Waals surface area contributed by atoms with Crippen LogP contribution >= 0.6 is 0 Å². The van der Waals surface area contributed by atoms with Crippen molar-refractivity contribution in [2.24, 2.45) is 0 Å². The van der Waals surface area contributed by atoms with Crippen LogP contribution in [0.4, 0.5) is 0 Å². The smallest absolute Gasteiger partial charge is 0.146 e. The van der Waals surface area contributed by atoms with Crippen LogP contribution in [0.1, 0.15) is 0 Å². The molecule has 12 saturated heterocycles. The highest BCUT2D eigenvalue weighted by atomic mass is 16.7. The zero-order valence-electron chi connectivity index (χ0n) is 45.1. The maximum Gasteiger partial charge on any atom is 0.146 e. The van der Waals surface area contributed by atoms with E-state index < -0.39 is 36.6 Å². The maximum absolute atomic E-state index is 9.41. The van der Waals surface area contributed by atoms with Gasteiger partial charge in [0.15, 0.2) is 0 Å². The molecule has 12 rings (SSSR count). The van der Waals surface area contributed by atoms with Crippen LogP contribution in [-0.2, 0) is 114 Å². The summed E-state index contributed by atoms with van der Waals surface area (Å²) in [4.78, 5) is 0. The van der Waals surface area contributed by atoms with Gasteiger partial charge in [0.1, 0.15) is 187 Å². The van der Waals surface area contributed by atoms with Crippen molar-refractivity contribution in [2.45, 2.75) is 146 Å². The highest BCUT2D eigenvalue weighted by Crippen LogP contribution is 2.34. The zero-order chi connectivity index (χ0) is 55.6. The first-order chi connectivity index (χ1) is 38.0. The number of rotatable bonds is 18. The Morgan fingerprint density at radius 2 is 0.346 bits per heavy atom. The predicted molar refractivity (Wildman–Crippen MR) is 253 cm³/mol. The molecule has 0 spiro atoms. The fourth-order valence-electron chi connectivity index (χ4n) is 10.5. The van der Waals surface area contributed by atoms with Crippen molar-refractivity contribution in [3.63, 3.8) is 0 Å². The quantitative estimate of drug-likeness (QED) is 0.0699. The highest BCUT2D eigenvalue weighted by molar-refractivity contribution is 4.99. The summed E-state index contributed by atoms with van der Waals surface area (Å²) in [5.74, 6) is 0. The van der Waals surface area contributed by atoms with Crippen molar-refractivity contribution in [3.05, 3.63) is 0 Å². The molecular weight excluding hydrogens is 1060 g/mol. The van der Waals surface area contributed by atoms with Gasteiger partial charge in [0.25, 0.3) is 0 Å². The molecule has 0 saturated carbocycles. The first-order valence-corrected chi connectivity index (χ1v) is 26.1. The number of methoxy groups -OCH3 is 6. The van der Waals surface area contributed by atoms with Crippen molar-refractivity contribution in [2.75, 3.05) is 163 Å². The second-order valence-electron chi connectivity index (χ2n) is 19.6. The predicted octanol–water partition coefficient (Wildman–Crippen LogP) is -5.20. The lowest BCUT2D eigenvalue weighted by Gasteiger charge is -2.16. The topological polar surface area (TPSA) is 343 Å². The average molecular weight is 1140 g/mol. The Hall–Kier alpha value is -1.20. The minimum atomic E-state index is -0.554. The standard InChI is InChI=1S/2C10H18O6.2C8H14O5.2C6H10O4/c2*1-11-5-15-7-3-13-10-8(16-6-12-2)4-14-9(7)10;2*1-10-4-13-6-3-12-7-5(9)2-11-8(6)7;2*7-3-1-9-6-4(8)2-10-5(3)6/h2*7-10H,3-6H2,1-2H3;2*5-9H,2-4H2,1H3;2*3-8H,1-2H2/t7-,8+,9?,10?;7-,8-,9?,10?;5-,6+,7?,8?;5-,6-,7?,8?;3-,4+,5?,6?;3-,4-,5?,6?/m.111.1/s1. The molecule has 0 aromatic rings. The molecule has 78 heavy (non-hydrogen) atoms. The van der Waals surface area contributed by atoms with E-state index in [2.05, 4.69) is 0 Å². The van der Waals surface area contributed by atoms with E-state index in [1.165, 1.54) is 0 Å². The van der Waals surface area contributed by atoms with Gasteiger partial charge in [-0.25, -0.2) is 0 Å². The lowest BCUT2D eigenvalue weighted by Crippen LogP contribution is -2.34. The van der Waals surface area contributed by atoms with E-state index in [4.69, 9.17) is 134 Å². The zero-order valence-corrected chi connectivity index (χ0v) is 45.1. The first kappa shape index (κ1) is 64.4. The molecule has 12 aliphatic rings. The SMILES string of the molecule is COCO[C@@H]1COC2C1OC[C@H]2O.COCO[C@@H]1COC2C1OC[C@H]2OCOC.COCO[C@H]1COC2C1OC[C@H]2O.COCO[C@H]1COC2C1OC[C@H]2OCOC.O[C@@H]1COC2C1OC[C@@H]2O.O[C@@H]1COC2C1OC[C@H]2O. The number of hydrogen-bond acceptors (Lipinski definition) is 30. The van der Waals surface area contributed by atoms with E-state index in [1.807, 2.05) is 0 Å². The monoisotopic (exact) mass is 1140 g/mol. The molecule has 12 unspecified atom stereocenters. The third kappa shape index (κ3) is 17.0. The normalized spacial score (nSPS) is 43.8. The Kier molecular flexibility index (Phi) is 27.5. The lowest BCUT2D eigenvalue weighted by molar-refractivity contribution is -0.118. The summed E-state index contributed by atoms with van der Waals surface area (Å²) < 4.78 is 126. The Morgan fingerprint density at radius 1 is 0.218 bits per heavy atom. The Morgan fingerprint density at radius 3 is 0.526 bits per heavy atom. The summed E-state index contributed by atoms with van der Waals surface area (Å²) >= 11 is 0. The van der Waals surface area contributed by atoms with Crippen LogP contribution in [0, 0.1) is 0 Å². The van der Waals surface area contributed by atoms with Crippen molar-refractivity contribution < 1.29 is 144 Å². The van der Waals surface area contributed by atoms with Gasteiger partial charge in [-0.2, -0.15) is 0 Å². The van der Waals surface area contributed by atoms with Gasteiger partial charge in [-0.15, -0.1) is 0 Å². The second kappa shape index (κ2) is 33.3. The summed E-state index contributed by atoms with van der Waals surface area (Å²) in [7, 11) is 9.50. The van der Waals surface area contributed by atoms with E-state index >= 15 is 0 Å². The van der Waals surface area contributed by atoms with Gasteiger partial charge in [-0.05, 0) is 0 Å². The van der Waals surface area contributed by atoms with Crippen LogP contribution in [0.15, 0.2) is 0 Å². The van der Waals surface area contributed by atoms with Crippen molar-refractivity contribution in [3.8, 4) is 0 Å². The van der Waals surface area contributed by atoms with E-state index in [-0.39, 0.29) is 177 Å². The van der Waals surface area contributed by atoms with Gasteiger partial charge in [0.2, 0.25) is 0 Å². The van der Waals surface area contributed by atoms with Crippen LogP contribution in [-0.4, -0.2) is 340 Å². The molecule has 456 valence electrons. The van der Waals surface area contributed by atoms with E-state index in [1.54, 1.807) is 42.7 Å². The molecule has 0 bridgehead atoms. The number of ether oxygens (including phenoxy) is 24. The molecule has 0 aliphatic carbocycles. The fourth-order valence-corrected chi connectivity index (χ4v) is 10.5. The van der Waals surface area contributed by atoms with Gasteiger partial charge < -0.3 is 144 Å². The van der Waals surface area contributed by atoms with Crippen LogP contribution < -0.4 is 0 Å². The Labute approximate surface area is 452 Å². The van der Waals surface area contributed by atoms with Crippen molar-refractivity contribution in [1.29, 1.82) is 0 Å². The Bertz CT molecular complexity index is 1440. The first-order valence-electron chi connectivity index (χ1n) is 26.1. The van der Waals surface area contributed by atoms with Crippen LogP contribution in [0.2, 0.25) is 0 Å². The fraction of sp³-hybridized carbons (Fsp3) is 1.00. The molecule has 24 atom stereocenters. The molecule has 0 amide bonds. The molecule has 30 nitrogen and oxygen atoms in total.